The lowest BCUT2D eigenvalue weighted by Gasteiger charge is -1.97. The van der Waals surface area contributed by atoms with Crippen molar-refractivity contribution in [3.63, 3.8) is 0 Å². The molecule has 0 saturated carbocycles. The van der Waals surface area contributed by atoms with Crippen LogP contribution in [0, 0.1) is 121 Å². The molecule has 0 fully saturated rings. The van der Waals surface area contributed by atoms with Crippen LogP contribution < -0.4 is 0 Å². The van der Waals surface area contributed by atoms with Crippen molar-refractivity contribution < 1.29 is 0 Å². The second-order valence-electron chi connectivity index (χ2n) is 21.4. The highest BCUT2D eigenvalue weighted by molar-refractivity contribution is 7.30. The van der Waals surface area contributed by atoms with Crippen molar-refractivity contribution in [1.29, 1.82) is 0 Å². The van der Waals surface area contributed by atoms with Crippen LogP contribution in [0.5, 0.6) is 0 Å². The second-order valence-corrected chi connectivity index (χ2v) is 31.9. The van der Waals surface area contributed by atoms with Gasteiger partial charge in [-0.25, -0.2) is 0 Å². The van der Waals surface area contributed by atoms with Gasteiger partial charge in [0.1, 0.15) is 0 Å². The molecule has 0 N–H and O–H groups in total. The summed E-state index contributed by atoms with van der Waals surface area (Å²) in [6, 6.07) is 60.4. The normalized spacial score (nSPS) is 8.58. The summed E-state index contributed by atoms with van der Waals surface area (Å²) in [5.41, 5.74) is 15.6. The van der Waals surface area contributed by atoms with E-state index in [1.807, 2.05) is 306 Å². The predicted octanol–water partition coefficient (Wildman–Crippen LogP) is 39.4. The highest BCUT2D eigenvalue weighted by Crippen LogP contribution is 2.40. The van der Waals surface area contributed by atoms with Crippen molar-refractivity contribution in [2.24, 2.45) is 0 Å². The van der Waals surface area contributed by atoms with Gasteiger partial charge in [0.25, 0.3) is 0 Å². The molecule has 612 valence electrons. The molecule has 0 saturated heterocycles. The van der Waals surface area contributed by atoms with Crippen LogP contribution in [0.15, 0.2) is 181 Å². The number of hydrogen-bond acceptors (Lipinski definition) is 9. The molecule has 0 bridgehead atoms. The van der Waals surface area contributed by atoms with E-state index < -0.39 is 0 Å². The minimum absolute atomic E-state index is 1.09. The van der Waals surface area contributed by atoms with Crippen LogP contribution in [0.2, 0.25) is 0 Å². The van der Waals surface area contributed by atoms with Crippen LogP contribution in [0.1, 0.15) is 265 Å². The molecule has 0 atom stereocenters. The third-order valence-corrected chi connectivity index (χ3v) is 23.3. The Morgan fingerprint density at radius 3 is 0.604 bits per heavy atom. The highest BCUT2D eigenvalue weighted by atomic mass is 32.1. The molecule has 9 heteroatoms. The summed E-state index contributed by atoms with van der Waals surface area (Å²) in [6.07, 6.45) is 0. The van der Waals surface area contributed by atoms with Crippen molar-refractivity contribution in [2.45, 2.75) is 277 Å². The summed E-state index contributed by atoms with van der Waals surface area (Å²) in [7, 11) is 0. The standard InChI is InChI=1S/2C14H12S2.2C10H10.2C8H8S2.C8H10.C6H8S.12C2H6/c2*1-9-3-5-11(6-4-9)12-8-14-13(16-12)7-10(2)15-14;2*1-3-4-10-7-5-9(2)6-8-10;1-5-3-9-8-6(2)4-10-7(5)8;1-5-3-7-8(9-5)4-6(2)10-7;1-7-3-5-8(2)6-4-7;1-5-3-4-6(2)7-5;12*1-2/h2*3-8H,1-2H3;2*5-8H,1-2H3;2*3-4H,1-2H3;3-6H,1-2H3;3-4H,1-2H3;12*1-2H3. The molecule has 9 aromatic heterocycles. The van der Waals surface area contributed by atoms with Gasteiger partial charge in [-0.2, -0.15) is 0 Å². The first kappa shape index (κ1) is 115. The Balaban J connectivity index is -0.000000276. The molecule has 0 aliphatic heterocycles. The lowest BCUT2D eigenvalue weighted by Crippen LogP contribution is -1.73. The molecule has 0 amide bonds. The average molecular weight is 1660 g/mol. The quantitative estimate of drug-likeness (QED) is 0.151. The average Bonchev–Trinajstić information content (AvgIpc) is 1.68. The summed E-state index contributed by atoms with van der Waals surface area (Å²) < 4.78 is 11.5. The molecular weight excluding hydrogens is 1510 g/mol. The van der Waals surface area contributed by atoms with Gasteiger partial charge in [0.2, 0.25) is 0 Å². The highest BCUT2D eigenvalue weighted by Gasteiger charge is 2.09. The largest absolute Gasteiger partial charge is 0.146 e. The van der Waals surface area contributed by atoms with Gasteiger partial charge in [-0.3, -0.25) is 0 Å². The summed E-state index contributed by atoms with van der Waals surface area (Å²) in [4.78, 5) is 11.2. The van der Waals surface area contributed by atoms with E-state index in [9.17, 15) is 0 Å². The maximum atomic E-state index is 2.98. The molecular formula is C102H150S9. The lowest BCUT2D eigenvalue weighted by atomic mass is 10.1. The zero-order valence-corrected chi connectivity index (χ0v) is 84.3. The van der Waals surface area contributed by atoms with Crippen LogP contribution in [-0.2, 0) is 0 Å². The van der Waals surface area contributed by atoms with Crippen molar-refractivity contribution >= 4 is 140 Å². The van der Waals surface area contributed by atoms with E-state index in [0.29, 0.717) is 0 Å². The number of benzene rings is 5. The van der Waals surface area contributed by atoms with Crippen molar-refractivity contribution in [3.8, 4) is 44.6 Å². The van der Waals surface area contributed by atoms with Crippen molar-refractivity contribution in [2.75, 3.05) is 0 Å². The summed E-state index contributed by atoms with van der Waals surface area (Å²) in [5, 5.41) is 4.46. The molecule has 14 rings (SSSR count). The molecule has 111 heavy (non-hydrogen) atoms. The fraction of sp³-hybridized carbons (Fsp3) is 0.392. The number of hydrogen-bond donors (Lipinski definition) is 0. The lowest BCUT2D eigenvalue weighted by molar-refractivity contribution is 1.40. The smallest absolute Gasteiger partial charge is 0.0482 e. The van der Waals surface area contributed by atoms with E-state index in [1.165, 1.54) is 132 Å². The zero-order chi connectivity index (χ0) is 86.6. The first-order valence-corrected chi connectivity index (χ1v) is 48.3. The Bertz CT molecular complexity index is 4110. The summed E-state index contributed by atoms with van der Waals surface area (Å²) in [5.74, 6) is 11.7. The topological polar surface area (TPSA) is 0 Å². The van der Waals surface area contributed by atoms with Gasteiger partial charge in [-0.15, -0.1) is 114 Å². The first-order valence-electron chi connectivity index (χ1n) is 40.8. The first-order chi connectivity index (χ1) is 53.7. The molecule has 0 nitrogen and oxygen atoms in total. The van der Waals surface area contributed by atoms with Crippen molar-refractivity contribution in [3.05, 3.63) is 266 Å². The SMILES string of the molecule is CC.CC.CC.CC.CC.CC.CC.CC.CC.CC.CC.CC.CC#Cc1ccc(C)cc1.CC#Cc1ccc(C)cc1.Cc1cc2sc(C)cc2s1.Cc1ccc(-c2cc3sc(C)cc3s2)cc1.Cc1ccc(-c2cc3sc(C)cc3s2)cc1.Cc1ccc(C)cc1.Cc1ccc(C)s1.Cc1csc2c(C)csc12. The Labute approximate surface area is 720 Å². The molecule has 0 spiro atoms. The molecule has 5 aromatic carbocycles. The predicted molar refractivity (Wildman–Crippen MR) is 541 cm³/mol. The maximum absolute atomic E-state index is 2.98. The molecule has 0 radical (unpaired) electrons. The number of thiophene rings is 9. The van der Waals surface area contributed by atoms with E-state index in [0.717, 1.165) is 11.1 Å². The molecule has 0 unspecified atom stereocenters. The van der Waals surface area contributed by atoms with Gasteiger partial charge in [0.15, 0.2) is 0 Å². The van der Waals surface area contributed by atoms with Crippen LogP contribution in [0.4, 0.5) is 0 Å². The fourth-order valence-corrected chi connectivity index (χ4v) is 18.5. The van der Waals surface area contributed by atoms with Crippen molar-refractivity contribution in [1.82, 2.24) is 0 Å². The minimum atomic E-state index is 1.09. The zero-order valence-electron chi connectivity index (χ0n) is 77.0. The monoisotopic (exact) mass is 1660 g/mol. The third kappa shape index (κ3) is 48.4. The maximum Gasteiger partial charge on any atom is 0.0482 e. The van der Waals surface area contributed by atoms with Gasteiger partial charge in [-0.1, -0.05) is 308 Å². The Hall–Kier alpha value is -6.44. The van der Waals surface area contributed by atoms with Crippen LogP contribution in [-0.4, -0.2) is 0 Å². The summed E-state index contributed by atoms with van der Waals surface area (Å²) >= 11 is 16.9. The van der Waals surface area contributed by atoms with Crippen LogP contribution in [0.3, 0.4) is 0 Å². The van der Waals surface area contributed by atoms with E-state index in [1.54, 1.807) is 0 Å². The van der Waals surface area contributed by atoms with Gasteiger partial charge in [0.05, 0.1) is 0 Å². The van der Waals surface area contributed by atoms with Gasteiger partial charge in [-0.05, 0) is 217 Å². The third-order valence-electron chi connectivity index (χ3n) is 13.2. The van der Waals surface area contributed by atoms with Crippen LogP contribution >= 0.6 is 102 Å². The second kappa shape index (κ2) is 74.9. The number of aryl methyl sites for hydroxylation is 14. The van der Waals surface area contributed by atoms with E-state index in [-0.39, 0.29) is 0 Å². The van der Waals surface area contributed by atoms with E-state index in [4.69, 9.17) is 0 Å². The molecule has 9 heterocycles. The van der Waals surface area contributed by atoms with Gasteiger partial charge < -0.3 is 0 Å². The number of rotatable bonds is 2. The van der Waals surface area contributed by atoms with E-state index >= 15 is 0 Å². The molecule has 0 aliphatic rings. The van der Waals surface area contributed by atoms with E-state index in [2.05, 4.69) is 277 Å². The fourth-order valence-electron chi connectivity index (χ4n) is 8.52. The summed E-state index contributed by atoms with van der Waals surface area (Å²) in [6.45, 7) is 81.5. The molecule has 14 aromatic rings. The molecule has 0 aliphatic carbocycles. The van der Waals surface area contributed by atoms with Crippen LogP contribution in [0.25, 0.3) is 58.5 Å². The van der Waals surface area contributed by atoms with Gasteiger partial charge >= 0.3 is 0 Å². The Morgan fingerprint density at radius 2 is 0.405 bits per heavy atom. The Morgan fingerprint density at radius 1 is 0.207 bits per heavy atom. The number of fused-ring (bicyclic) bond motifs is 4. The minimum Gasteiger partial charge on any atom is -0.146 e. The van der Waals surface area contributed by atoms with Gasteiger partial charge in [0, 0.05) is 87.7 Å². The Kier molecular flexibility index (Phi) is 77.9.